The van der Waals surface area contributed by atoms with Crippen molar-refractivity contribution in [2.45, 2.75) is 25.5 Å². The van der Waals surface area contributed by atoms with Crippen LogP contribution in [0.15, 0.2) is 24.3 Å². The summed E-state index contributed by atoms with van der Waals surface area (Å²) < 4.78 is 11.3. The fourth-order valence-electron chi connectivity index (χ4n) is 2.53. The number of benzene rings is 1. The summed E-state index contributed by atoms with van der Waals surface area (Å²) in [5.74, 6) is 0.897. The molecule has 1 saturated heterocycles. The van der Waals surface area contributed by atoms with Crippen LogP contribution < -0.4 is 10.5 Å². The molecule has 0 spiro atoms. The molecule has 21 heavy (non-hydrogen) atoms. The van der Waals surface area contributed by atoms with Gasteiger partial charge in [0.2, 0.25) is 0 Å². The third-order valence-electron chi connectivity index (χ3n) is 3.81. The van der Waals surface area contributed by atoms with Gasteiger partial charge in [0.25, 0.3) is 0 Å². The van der Waals surface area contributed by atoms with Gasteiger partial charge in [0, 0.05) is 26.2 Å². The molecule has 5 nitrogen and oxygen atoms in total. The van der Waals surface area contributed by atoms with E-state index in [4.69, 9.17) is 20.3 Å². The molecule has 3 N–H and O–H groups in total. The van der Waals surface area contributed by atoms with E-state index in [9.17, 15) is 0 Å². The molecular formula is C16H26N2O3. The first-order chi connectivity index (χ1) is 10.3. The highest BCUT2D eigenvalue weighted by molar-refractivity contribution is 5.27. The quantitative estimate of drug-likeness (QED) is 0.748. The van der Waals surface area contributed by atoms with Gasteiger partial charge in [-0.1, -0.05) is 12.1 Å². The zero-order valence-electron chi connectivity index (χ0n) is 12.5. The average Bonchev–Trinajstić information content (AvgIpc) is 2.55. The zero-order chi connectivity index (χ0) is 14.9. The summed E-state index contributed by atoms with van der Waals surface area (Å²) in [6.45, 7) is 4.82. The number of hydrogen-bond acceptors (Lipinski definition) is 5. The second-order valence-corrected chi connectivity index (χ2v) is 5.33. The van der Waals surface area contributed by atoms with Crippen LogP contribution in [0.25, 0.3) is 0 Å². The summed E-state index contributed by atoms with van der Waals surface area (Å²) >= 11 is 0. The van der Waals surface area contributed by atoms with E-state index in [1.54, 1.807) is 0 Å². The summed E-state index contributed by atoms with van der Waals surface area (Å²) in [7, 11) is 0. The first-order valence-corrected chi connectivity index (χ1v) is 7.68. The fraction of sp³-hybridized carbons (Fsp3) is 0.625. The van der Waals surface area contributed by atoms with E-state index in [0.717, 1.165) is 43.8 Å². The van der Waals surface area contributed by atoms with Gasteiger partial charge in [0.05, 0.1) is 19.3 Å². The first-order valence-electron chi connectivity index (χ1n) is 7.68. The van der Waals surface area contributed by atoms with Gasteiger partial charge in [-0.05, 0) is 30.5 Å². The van der Waals surface area contributed by atoms with E-state index < -0.39 is 0 Å². The standard InChI is InChI=1S/C16H26N2O3/c17-13-14-1-3-15(4-2-14)20-11-9-18-7-5-16(6-8-18)21-12-10-19/h1-4,16,19H,5-13,17H2. The number of hydrogen-bond donors (Lipinski definition) is 2. The van der Waals surface area contributed by atoms with Crippen LogP contribution in [0.4, 0.5) is 0 Å². The van der Waals surface area contributed by atoms with E-state index in [2.05, 4.69) is 4.90 Å². The topological polar surface area (TPSA) is 68.0 Å². The lowest BCUT2D eigenvalue weighted by Gasteiger charge is -2.31. The van der Waals surface area contributed by atoms with Gasteiger partial charge in [-0.3, -0.25) is 4.90 Å². The molecule has 1 aliphatic rings. The van der Waals surface area contributed by atoms with Gasteiger partial charge in [-0.15, -0.1) is 0 Å². The van der Waals surface area contributed by atoms with E-state index in [1.165, 1.54) is 0 Å². The van der Waals surface area contributed by atoms with Crippen LogP contribution in [0.5, 0.6) is 5.75 Å². The van der Waals surface area contributed by atoms with Crippen LogP contribution in [0.3, 0.4) is 0 Å². The summed E-state index contributed by atoms with van der Waals surface area (Å²) in [4.78, 5) is 2.40. The SMILES string of the molecule is NCc1ccc(OCCN2CCC(OCCO)CC2)cc1. The maximum Gasteiger partial charge on any atom is 0.119 e. The van der Waals surface area contributed by atoms with Crippen molar-refractivity contribution in [3.8, 4) is 5.75 Å². The molecule has 0 saturated carbocycles. The highest BCUT2D eigenvalue weighted by Gasteiger charge is 2.19. The zero-order valence-corrected chi connectivity index (χ0v) is 12.5. The number of nitrogens with zero attached hydrogens (tertiary/aromatic N) is 1. The molecule has 0 aromatic heterocycles. The molecule has 1 heterocycles. The molecule has 0 aliphatic carbocycles. The first kappa shape index (κ1) is 16.2. The molecule has 0 radical (unpaired) electrons. The molecule has 1 aromatic rings. The van der Waals surface area contributed by atoms with Crippen molar-refractivity contribution < 1.29 is 14.6 Å². The monoisotopic (exact) mass is 294 g/mol. The van der Waals surface area contributed by atoms with Crippen molar-refractivity contribution >= 4 is 0 Å². The number of ether oxygens (including phenoxy) is 2. The van der Waals surface area contributed by atoms with Crippen molar-refractivity contribution in [3.05, 3.63) is 29.8 Å². The van der Waals surface area contributed by atoms with Gasteiger partial charge in [0.1, 0.15) is 12.4 Å². The Morgan fingerprint density at radius 1 is 1.14 bits per heavy atom. The minimum absolute atomic E-state index is 0.108. The number of aliphatic hydroxyl groups excluding tert-OH is 1. The molecule has 0 amide bonds. The predicted octanol–water partition coefficient (Wildman–Crippen LogP) is 0.997. The number of nitrogens with two attached hydrogens (primary N) is 1. The van der Waals surface area contributed by atoms with Crippen LogP contribution in [-0.2, 0) is 11.3 Å². The minimum Gasteiger partial charge on any atom is -0.492 e. The molecular weight excluding hydrogens is 268 g/mol. The van der Waals surface area contributed by atoms with Crippen molar-refractivity contribution in [1.82, 2.24) is 4.90 Å². The average molecular weight is 294 g/mol. The Morgan fingerprint density at radius 3 is 2.48 bits per heavy atom. The summed E-state index contributed by atoms with van der Waals surface area (Å²) in [5, 5.41) is 8.75. The van der Waals surface area contributed by atoms with Crippen LogP contribution in [-0.4, -0.2) is 55.6 Å². The Labute approximate surface area is 126 Å². The lowest BCUT2D eigenvalue weighted by Crippen LogP contribution is -2.39. The number of piperidine rings is 1. The molecule has 1 fully saturated rings. The fourth-order valence-corrected chi connectivity index (χ4v) is 2.53. The smallest absolute Gasteiger partial charge is 0.119 e. The molecule has 0 bridgehead atoms. The van der Waals surface area contributed by atoms with Gasteiger partial charge < -0.3 is 20.3 Å². The summed E-state index contributed by atoms with van der Waals surface area (Å²) in [6, 6.07) is 7.94. The Morgan fingerprint density at radius 2 is 1.86 bits per heavy atom. The second-order valence-electron chi connectivity index (χ2n) is 5.33. The Kier molecular flexibility index (Phi) is 6.95. The number of rotatable bonds is 8. The van der Waals surface area contributed by atoms with Crippen LogP contribution in [0, 0.1) is 0 Å². The molecule has 118 valence electrons. The van der Waals surface area contributed by atoms with Gasteiger partial charge in [-0.25, -0.2) is 0 Å². The molecule has 1 aromatic carbocycles. The van der Waals surface area contributed by atoms with Gasteiger partial charge >= 0.3 is 0 Å². The van der Waals surface area contributed by atoms with E-state index in [-0.39, 0.29) is 6.61 Å². The maximum absolute atomic E-state index is 8.75. The highest BCUT2D eigenvalue weighted by atomic mass is 16.5. The van der Waals surface area contributed by atoms with E-state index in [0.29, 0.717) is 25.9 Å². The maximum atomic E-state index is 8.75. The second kappa shape index (κ2) is 9.00. The third kappa shape index (κ3) is 5.63. The largest absolute Gasteiger partial charge is 0.492 e. The van der Waals surface area contributed by atoms with Crippen molar-refractivity contribution in [3.63, 3.8) is 0 Å². The Balaban J connectivity index is 1.61. The van der Waals surface area contributed by atoms with Gasteiger partial charge in [0.15, 0.2) is 0 Å². The lowest BCUT2D eigenvalue weighted by atomic mass is 10.1. The lowest BCUT2D eigenvalue weighted by molar-refractivity contribution is -0.00923. The molecule has 0 atom stereocenters. The normalized spacial score (nSPS) is 17.0. The van der Waals surface area contributed by atoms with E-state index >= 15 is 0 Å². The molecule has 5 heteroatoms. The van der Waals surface area contributed by atoms with Crippen molar-refractivity contribution in [1.29, 1.82) is 0 Å². The number of likely N-dealkylation sites (tertiary alicyclic amines) is 1. The van der Waals surface area contributed by atoms with Crippen LogP contribution in [0.2, 0.25) is 0 Å². The minimum atomic E-state index is 0.108. The predicted molar refractivity (Wildman–Crippen MR) is 82.3 cm³/mol. The van der Waals surface area contributed by atoms with Crippen LogP contribution in [0.1, 0.15) is 18.4 Å². The molecule has 0 unspecified atom stereocenters. The number of aliphatic hydroxyl groups is 1. The Bertz CT molecular complexity index is 389. The summed E-state index contributed by atoms with van der Waals surface area (Å²) in [6.07, 6.45) is 2.37. The molecule has 1 aliphatic heterocycles. The van der Waals surface area contributed by atoms with Crippen molar-refractivity contribution in [2.75, 3.05) is 39.5 Å². The Hall–Kier alpha value is -1.14. The van der Waals surface area contributed by atoms with Crippen LogP contribution >= 0.6 is 0 Å². The third-order valence-corrected chi connectivity index (χ3v) is 3.81. The summed E-state index contributed by atoms with van der Waals surface area (Å²) in [5.41, 5.74) is 6.69. The van der Waals surface area contributed by atoms with Gasteiger partial charge in [-0.2, -0.15) is 0 Å². The van der Waals surface area contributed by atoms with E-state index in [1.807, 2.05) is 24.3 Å². The van der Waals surface area contributed by atoms with Crippen molar-refractivity contribution in [2.24, 2.45) is 5.73 Å². The molecule has 2 rings (SSSR count). The highest BCUT2D eigenvalue weighted by Crippen LogP contribution is 2.14.